The SMILES string of the molecule is O=C(NS(=O)(=O)c1ccccc1)c1ccc2nc(Cc3ccccc3)n(Cc3ccc(Cl)cc3Cl)c2c1. The summed E-state index contributed by atoms with van der Waals surface area (Å²) < 4.78 is 29.5. The molecule has 0 saturated carbocycles. The van der Waals surface area contributed by atoms with Crippen LogP contribution >= 0.6 is 23.2 Å². The molecule has 0 fully saturated rings. The summed E-state index contributed by atoms with van der Waals surface area (Å²) in [4.78, 5) is 17.8. The van der Waals surface area contributed by atoms with E-state index in [4.69, 9.17) is 28.2 Å². The van der Waals surface area contributed by atoms with Crippen molar-refractivity contribution in [2.24, 2.45) is 0 Å². The second kappa shape index (κ2) is 10.4. The Balaban J connectivity index is 1.55. The lowest BCUT2D eigenvalue weighted by Gasteiger charge is -2.12. The van der Waals surface area contributed by atoms with Crippen LogP contribution < -0.4 is 4.72 Å². The van der Waals surface area contributed by atoms with Crippen LogP contribution in [0.15, 0.2) is 102 Å². The van der Waals surface area contributed by atoms with Crippen molar-refractivity contribution in [3.63, 3.8) is 0 Å². The van der Waals surface area contributed by atoms with Crippen LogP contribution in [0.25, 0.3) is 11.0 Å². The Kier molecular flexibility index (Phi) is 7.02. The van der Waals surface area contributed by atoms with Crippen molar-refractivity contribution < 1.29 is 13.2 Å². The molecule has 0 saturated heterocycles. The molecule has 0 spiro atoms. The number of benzene rings is 4. The average Bonchev–Trinajstić information content (AvgIpc) is 3.22. The molecule has 1 aromatic heterocycles. The first-order valence-electron chi connectivity index (χ1n) is 11.4. The molecule has 0 atom stereocenters. The van der Waals surface area contributed by atoms with Crippen molar-refractivity contribution in [3.8, 4) is 0 Å². The van der Waals surface area contributed by atoms with Crippen molar-refractivity contribution in [3.05, 3.63) is 130 Å². The molecule has 37 heavy (non-hydrogen) atoms. The molecule has 0 aliphatic rings. The summed E-state index contributed by atoms with van der Waals surface area (Å²) in [6.45, 7) is 0.391. The van der Waals surface area contributed by atoms with Gasteiger partial charge in [-0.25, -0.2) is 18.1 Å². The van der Waals surface area contributed by atoms with Crippen LogP contribution in [0.4, 0.5) is 0 Å². The molecule has 1 heterocycles. The number of aromatic nitrogens is 2. The number of sulfonamides is 1. The molecule has 0 aliphatic carbocycles. The number of halogens is 2. The number of hydrogen-bond donors (Lipinski definition) is 1. The molecular formula is C28H21Cl2N3O3S. The molecule has 5 rings (SSSR count). The van der Waals surface area contributed by atoms with E-state index in [1.807, 2.05) is 41.0 Å². The number of nitrogens with one attached hydrogen (secondary N) is 1. The van der Waals surface area contributed by atoms with Gasteiger partial charge in [-0.05, 0) is 53.6 Å². The van der Waals surface area contributed by atoms with Gasteiger partial charge < -0.3 is 4.57 Å². The Labute approximate surface area is 224 Å². The number of nitrogens with zero attached hydrogens (tertiary/aromatic N) is 2. The van der Waals surface area contributed by atoms with E-state index in [-0.39, 0.29) is 10.5 Å². The zero-order chi connectivity index (χ0) is 26.0. The van der Waals surface area contributed by atoms with Gasteiger partial charge in [-0.2, -0.15) is 0 Å². The molecule has 186 valence electrons. The monoisotopic (exact) mass is 549 g/mol. The normalized spacial score (nSPS) is 11.5. The Morgan fingerprint density at radius 2 is 1.57 bits per heavy atom. The van der Waals surface area contributed by atoms with Crippen LogP contribution in [0.2, 0.25) is 10.0 Å². The van der Waals surface area contributed by atoms with Gasteiger partial charge in [0.05, 0.1) is 22.5 Å². The minimum Gasteiger partial charge on any atom is -0.323 e. The minimum absolute atomic E-state index is 0.0111. The van der Waals surface area contributed by atoms with Crippen molar-refractivity contribution in [1.29, 1.82) is 0 Å². The molecule has 5 aromatic rings. The van der Waals surface area contributed by atoms with Crippen LogP contribution in [0, 0.1) is 0 Å². The molecule has 0 radical (unpaired) electrons. The van der Waals surface area contributed by atoms with E-state index < -0.39 is 15.9 Å². The molecule has 0 bridgehead atoms. The van der Waals surface area contributed by atoms with Crippen LogP contribution in [0.5, 0.6) is 0 Å². The van der Waals surface area contributed by atoms with Crippen molar-refractivity contribution >= 4 is 50.2 Å². The number of amides is 1. The van der Waals surface area contributed by atoms with E-state index in [0.717, 1.165) is 17.0 Å². The van der Waals surface area contributed by atoms with Gasteiger partial charge in [0.1, 0.15) is 5.82 Å². The van der Waals surface area contributed by atoms with Gasteiger partial charge >= 0.3 is 0 Å². The number of carbonyl (C=O) groups excluding carboxylic acids is 1. The maximum atomic E-state index is 13.0. The van der Waals surface area contributed by atoms with E-state index in [0.29, 0.717) is 34.0 Å². The largest absolute Gasteiger partial charge is 0.323 e. The van der Waals surface area contributed by atoms with Crippen LogP contribution in [0.3, 0.4) is 0 Å². The highest BCUT2D eigenvalue weighted by atomic mass is 35.5. The number of hydrogen-bond acceptors (Lipinski definition) is 4. The van der Waals surface area contributed by atoms with E-state index in [1.54, 1.807) is 48.5 Å². The van der Waals surface area contributed by atoms with Gasteiger partial charge in [-0.15, -0.1) is 0 Å². The van der Waals surface area contributed by atoms with Crippen LogP contribution in [-0.2, 0) is 23.0 Å². The second-order valence-corrected chi connectivity index (χ2v) is 11.0. The quantitative estimate of drug-likeness (QED) is 0.266. The highest BCUT2D eigenvalue weighted by Gasteiger charge is 2.20. The summed E-state index contributed by atoms with van der Waals surface area (Å²) in [7, 11) is -4.02. The fourth-order valence-corrected chi connectivity index (χ4v) is 5.53. The van der Waals surface area contributed by atoms with E-state index in [2.05, 4.69) is 4.72 Å². The van der Waals surface area contributed by atoms with Gasteiger partial charge in [0.2, 0.25) is 0 Å². The highest BCUT2D eigenvalue weighted by molar-refractivity contribution is 7.90. The first-order valence-corrected chi connectivity index (χ1v) is 13.6. The summed E-state index contributed by atoms with van der Waals surface area (Å²) in [5.74, 6) is 0.0503. The lowest BCUT2D eigenvalue weighted by molar-refractivity contribution is 0.0981. The van der Waals surface area contributed by atoms with E-state index >= 15 is 0 Å². The third kappa shape index (κ3) is 5.54. The fraction of sp³-hybridized carbons (Fsp3) is 0.0714. The molecule has 0 aliphatic heterocycles. The number of imidazole rings is 1. The topological polar surface area (TPSA) is 81.1 Å². The summed E-state index contributed by atoms with van der Waals surface area (Å²) in [5, 5.41) is 1.05. The Morgan fingerprint density at radius 3 is 2.27 bits per heavy atom. The smallest absolute Gasteiger partial charge is 0.265 e. The predicted molar refractivity (Wildman–Crippen MR) is 146 cm³/mol. The summed E-state index contributed by atoms with van der Waals surface area (Å²) in [6.07, 6.45) is 0.560. The fourth-order valence-electron chi connectivity index (χ4n) is 4.06. The second-order valence-electron chi connectivity index (χ2n) is 8.46. The third-order valence-electron chi connectivity index (χ3n) is 5.92. The lowest BCUT2D eigenvalue weighted by Crippen LogP contribution is -2.30. The molecule has 9 heteroatoms. The predicted octanol–water partition coefficient (Wildman–Crippen LogP) is 6.10. The molecule has 6 nitrogen and oxygen atoms in total. The Hall–Kier alpha value is -3.65. The first kappa shape index (κ1) is 25.0. The van der Waals surface area contributed by atoms with Gasteiger partial charge in [0.15, 0.2) is 0 Å². The number of carbonyl (C=O) groups is 1. The zero-order valence-electron chi connectivity index (χ0n) is 19.4. The molecule has 1 N–H and O–H groups in total. The molecular weight excluding hydrogens is 529 g/mol. The Bertz CT molecular complexity index is 1700. The number of fused-ring (bicyclic) bond motifs is 1. The van der Waals surface area contributed by atoms with Gasteiger partial charge in [0, 0.05) is 22.0 Å². The Morgan fingerprint density at radius 1 is 0.865 bits per heavy atom. The highest BCUT2D eigenvalue weighted by Crippen LogP contribution is 2.26. The summed E-state index contributed by atoms with van der Waals surface area (Å²) in [6, 6.07) is 27.9. The maximum Gasteiger partial charge on any atom is 0.265 e. The van der Waals surface area contributed by atoms with Gasteiger partial charge in [-0.3, -0.25) is 4.79 Å². The van der Waals surface area contributed by atoms with Gasteiger partial charge in [-0.1, -0.05) is 77.8 Å². The van der Waals surface area contributed by atoms with Crippen molar-refractivity contribution in [1.82, 2.24) is 14.3 Å². The van der Waals surface area contributed by atoms with Crippen LogP contribution in [-0.4, -0.2) is 23.9 Å². The van der Waals surface area contributed by atoms with E-state index in [1.165, 1.54) is 12.1 Å². The van der Waals surface area contributed by atoms with E-state index in [9.17, 15) is 13.2 Å². The first-order chi connectivity index (χ1) is 17.8. The van der Waals surface area contributed by atoms with Crippen molar-refractivity contribution in [2.75, 3.05) is 0 Å². The lowest BCUT2D eigenvalue weighted by atomic mass is 10.1. The standard InChI is InChI=1S/C28H21Cl2N3O3S/c29-22-13-11-21(24(30)17-22)18-33-26-16-20(28(34)32-37(35,36)23-9-5-2-6-10-23)12-14-25(26)31-27(33)15-19-7-3-1-4-8-19/h1-14,16-17H,15,18H2,(H,32,34). The van der Waals surface area contributed by atoms with Crippen molar-refractivity contribution in [2.45, 2.75) is 17.9 Å². The molecule has 4 aromatic carbocycles. The van der Waals surface area contributed by atoms with Gasteiger partial charge in [0.25, 0.3) is 15.9 Å². The third-order valence-corrected chi connectivity index (χ3v) is 7.85. The zero-order valence-corrected chi connectivity index (χ0v) is 21.8. The maximum absolute atomic E-state index is 13.0. The minimum atomic E-state index is -4.02. The summed E-state index contributed by atoms with van der Waals surface area (Å²) >= 11 is 12.6. The molecule has 0 unspecified atom stereocenters. The summed E-state index contributed by atoms with van der Waals surface area (Å²) in [5.41, 5.74) is 3.47. The van der Waals surface area contributed by atoms with Crippen LogP contribution in [0.1, 0.15) is 27.3 Å². The molecule has 1 amide bonds. The average molecular weight is 550 g/mol. The number of rotatable bonds is 7.